The largest absolute Gasteiger partial charge is 0.332 e. The van der Waals surface area contributed by atoms with E-state index < -0.39 is 10.0 Å². The van der Waals surface area contributed by atoms with Crippen molar-refractivity contribution >= 4 is 15.9 Å². The molecule has 2 aromatic rings. The normalized spacial score (nSPS) is 11.7. The van der Waals surface area contributed by atoms with Gasteiger partial charge >= 0.3 is 0 Å². The van der Waals surface area contributed by atoms with Crippen LogP contribution >= 0.6 is 0 Å². The molecule has 1 N–H and O–H groups in total. The van der Waals surface area contributed by atoms with Crippen LogP contribution in [0.2, 0.25) is 0 Å². The van der Waals surface area contributed by atoms with E-state index in [9.17, 15) is 13.2 Å². The van der Waals surface area contributed by atoms with E-state index in [2.05, 4.69) is 9.82 Å². The van der Waals surface area contributed by atoms with Crippen molar-refractivity contribution in [3.63, 3.8) is 0 Å². The van der Waals surface area contributed by atoms with Gasteiger partial charge in [-0.25, -0.2) is 13.1 Å². The molecule has 0 aliphatic heterocycles. The van der Waals surface area contributed by atoms with Gasteiger partial charge in [0, 0.05) is 37.0 Å². The first kappa shape index (κ1) is 18.2. The second kappa shape index (κ2) is 7.14. The van der Waals surface area contributed by atoms with Crippen molar-refractivity contribution in [1.82, 2.24) is 19.4 Å². The fraction of sp³-hybridized carbons (Fsp3) is 0.375. The van der Waals surface area contributed by atoms with Gasteiger partial charge in [-0.05, 0) is 45.2 Å². The number of carbonyl (C=O) groups excluding carboxylic acids is 1. The first-order valence-electron chi connectivity index (χ1n) is 7.56. The van der Waals surface area contributed by atoms with Gasteiger partial charge in [0.05, 0.1) is 11.1 Å². The molecule has 0 unspecified atom stereocenters. The second-order valence-electron chi connectivity index (χ2n) is 5.78. The van der Waals surface area contributed by atoms with Gasteiger partial charge in [0.25, 0.3) is 5.91 Å². The Bertz CT molecular complexity index is 810. The summed E-state index contributed by atoms with van der Waals surface area (Å²) in [5, 5.41) is 4.11. The molecule has 24 heavy (non-hydrogen) atoms. The molecule has 130 valence electrons. The number of hydrogen-bond acceptors (Lipinski definition) is 4. The number of benzene rings is 1. The molecule has 0 saturated heterocycles. The number of nitrogens with zero attached hydrogens (tertiary/aromatic N) is 3. The minimum atomic E-state index is -3.51. The van der Waals surface area contributed by atoms with Crippen molar-refractivity contribution in [2.45, 2.75) is 31.3 Å². The van der Waals surface area contributed by atoms with E-state index in [0.717, 1.165) is 5.56 Å². The van der Waals surface area contributed by atoms with Gasteiger partial charge in [0.15, 0.2) is 0 Å². The summed E-state index contributed by atoms with van der Waals surface area (Å²) in [5.41, 5.74) is 1.39. The molecule has 8 heteroatoms. The fourth-order valence-electron chi connectivity index (χ4n) is 2.30. The average molecular weight is 350 g/mol. The summed E-state index contributed by atoms with van der Waals surface area (Å²) in [6, 6.07) is 5.93. The molecule has 0 bridgehead atoms. The molecule has 0 radical (unpaired) electrons. The summed E-state index contributed by atoms with van der Waals surface area (Å²) in [7, 11) is -0.334. The Morgan fingerprint density at radius 1 is 1.29 bits per heavy atom. The zero-order valence-corrected chi connectivity index (χ0v) is 15.0. The van der Waals surface area contributed by atoms with Crippen LogP contribution in [0.3, 0.4) is 0 Å². The van der Waals surface area contributed by atoms with Gasteiger partial charge in [-0.2, -0.15) is 5.10 Å². The molecule has 0 atom stereocenters. The summed E-state index contributed by atoms with van der Waals surface area (Å²) < 4.78 is 27.4. The minimum absolute atomic E-state index is 0.00146. The van der Waals surface area contributed by atoms with E-state index in [1.54, 1.807) is 15.8 Å². The van der Waals surface area contributed by atoms with Crippen LogP contribution in [0.1, 0.15) is 29.8 Å². The maximum Gasteiger partial charge on any atom is 0.254 e. The lowest BCUT2D eigenvalue weighted by atomic mass is 10.1. The van der Waals surface area contributed by atoms with Crippen LogP contribution < -0.4 is 4.72 Å². The molecule has 1 heterocycles. The number of rotatable bonds is 6. The molecule has 0 aliphatic carbocycles. The van der Waals surface area contributed by atoms with Gasteiger partial charge in [-0.3, -0.25) is 9.48 Å². The van der Waals surface area contributed by atoms with Crippen LogP contribution in [0.15, 0.2) is 41.6 Å². The molecular formula is C16H22N4O3S. The van der Waals surface area contributed by atoms with Crippen LogP contribution in [0.25, 0.3) is 0 Å². The molecule has 7 nitrogen and oxygen atoms in total. The Labute approximate surface area is 142 Å². The maximum atomic E-state index is 12.8. The van der Waals surface area contributed by atoms with Crippen LogP contribution in [0.4, 0.5) is 0 Å². The number of sulfonamides is 1. The topological polar surface area (TPSA) is 84.3 Å². The quantitative estimate of drug-likeness (QED) is 0.853. The van der Waals surface area contributed by atoms with Gasteiger partial charge in [0.1, 0.15) is 0 Å². The Morgan fingerprint density at radius 2 is 1.92 bits per heavy atom. The zero-order chi connectivity index (χ0) is 17.9. The van der Waals surface area contributed by atoms with Crippen LogP contribution in [0, 0.1) is 0 Å². The minimum Gasteiger partial charge on any atom is -0.332 e. The monoisotopic (exact) mass is 350 g/mol. The fourth-order valence-corrected chi connectivity index (χ4v) is 3.03. The highest BCUT2D eigenvalue weighted by molar-refractivity contribution is 7.89. The third kappa shape index (κ3) is 4.01. The SMILES string of the molecule is CNS(=O)(=O)c1ccc(C(=O)N(Cc2cnn(C)c2)C(C)C)cc1. The lowest BCUT2D eigenvalue weighted by Crippen LogP contribution is -2.36. The van der Waals surface area contributed by atoms with E-state index in [0.29, 0.717) is 12.1 Å². The number of aryl methyl sites for hydroxylation is 1. The number of amides is 1. The highest BCUT2D eigenvalue weighted by Gasteiger charge is 2.20. The van der Waals surface area contributed by atoms with E-state index >= 15 is 0 Å². The van der Waals surface area contributed by atoms with Crippen LogP contribution in [-0.4, -0.2) is 42.1 Å². The molecule has 1 aromatic carbocycles. The summed E-state index contributed by atoms with van der Waals surface area (Å²) >= 11 is 0. The third-order valence-electron chi connectivity index (χ3n) is 3.68. The van der Waals surface area contributed by atoms with Crippen LogP contribution in [-0.2, 0) is 23.6 Å². The Hall–Kier alpha value is -2.19. The molecule has 1 aromatic heterocycles. The number of hydrogen-bond donors (Lipinski definition) is 1. The summed E-state index contributed by atoms with van der Waals surface area (Å²) in [6.45, 7) is 4.32. The predicted octanol–water partition coefficient (Wildman–Crippen LogP) is 1.38. The molecule has 2 rings (SSSR count). The smallest absolute Gasteiger partial charge is 0.254 e. The lowest BCUT2D eigenvalue weighted by molar-refractivity contribution is 0.0690. The summed E-state index contributed by atoms with van der Waals surface area (Å²) in [4.78, 5) is 14.6. The van der Waals surface area contributed by atoms with E-state index in [1.807, 2.05) is 27.1 Å². The lowest BCUT2D eigenvalue weighted by Gasteiger charge is -2.26. The Kier molecular flexibility index (Phi) is 5.40. The molecule has 0 spiro atoms. The van der Waals surface area contributed by atoms with Gasteiger partial charge in [-0.1, -0.05) is 0 Å². The predicted molar refractivity (Wildman–Crippen MR) is 90.9 cm³/mol. The first-order chi connectivity index (χ1) is 11.2. The van der Waals surface area contributed by atoms with Crippen molar-refractivity contribution in [2.24, 2.45) is 7.05 Å². The second-order valence-corrected chi connectivity index (χ2v) is 7.67. The Morgan fingerprint density at radius 3 is 2.38 bits per heavy atom. The third-order valence-corrected chi connectivity index (χ3v) is 5.11. The summed E-state index contributed by atoms with van der Waals surface area (Å²) in [5.74, 6) is -0.151. The van der Waals surface area contributed by atoms with Crippen molar-refractivity contribution in [3.8, 4) is 0 Å². The molecule has 0 saturated carbocycles. The maximum absolute atomic E-state index is 12.8. The van der Waals surface area contributed by atoms with Crippen molar-refractivity contribution in [3.05, 3.63) is 47.8 Å². The highest BCUT2D eigenvalue weighted by atomic mass is 32.2. The zero-order valence-electron chi connectivity index (χ0n) is 14.2. The highest BCUT2D eigenvalue weighted by Crippen LogP contribution is 2.15. The van der Waals surface area contributed by atoms with Crippen molar-refractivity contribution in [2.75, 3.05) is 7.05 Å². The molecule has 0 aliphatic rings. The van der Waals surface area contributed by atoms with Crippen molar-refractivity contribution < 1.29 is 13.2 Å². The molecule has 0 fully saturated rings. The van der Waals surface area contributed by atoms with E-state index in [4.69, 9.17) is 0 Å². The molecule has 1 amide bonds. The first-order valence-corrected chi connectivity index (χ1v) is 9.05. The van der Waals surface area contributed by atoms with E-state index in [-0.39, 0.29) is 16.8 Å². The summed E-state index contributed by atoms with van der Waals surface area (Å²) in [6.07, 6.45) is 3.59. The Balaban J connectivity index is 2.23. The van der Waals surface area contributed by atoms with Gasteiger partial charge < -0.3 is 4.90 Å². The number of nitrogens with one attached hydrogen (secondary N) is 1. The van der Waals surface area contributed by atoms with Crippen molar-refractivity contribution in [1.29, 1.82) is 0 Å². The van der Waals surface area contributed by atoms with Gasteiger partial charge in [0.2, 0.25) is 10.0 Å². The average Bonchev–Trinajstić information content (AvgIpc) is 2.97. The van der Waals surface area contributed by atoms with Gasteiger partial charge in [-0.15, -0.1) is 0 Å². The number of aromatic nitrogens is 2. The standard InChI is InChI=1S/C16H22N4O3S/c1-12(2)20(11-13-9-18-19(4)10-13)16(21)14-5-7-15(8-6-14)24(22,23)17-3/h5-10,12,17H,11H2,1-4H3. The molecular weight excluding hydrogens is 328 g/mol. The van der Waals surface area contributed by atoms with E-state index in [1.165, 1.54) is 31.3 Å². The van der Waals surface area contributed by atoms with Crippen LogP contribution in [0.5, 0.6) is 0 Å². The number of carbonyl (C=O) groups is 1.